The molecule has 2 aromatic rings. The first-order valence-electron chi connectivity index (χ1n) is 5.21. The van der Waals surface area contributed by atoms with Crippen LogP contribution in [0.15, 0.2) is 42.5 Å². The van der Waals surface area contributed by atoms with Gasteiger partial charge in [-0.3, -0.25) is 0 Å². The smallest absolute Gasteiger partial charge is 0.243 e. The van der Waals surface area contributed by atoms with Gasteiger partial charge in [-0.2, -0.15) is 13.2 Å². The Bertz CT molecular complexity index is 538. The number of aromatic nitrogens is 1. The Balaban J connectivity index is 2.53. The van der Waals surface area contributed by atoms with Gasteiger partial charge in [-0.25, -0.2) is 4.98 Å². The van der Waals surface area contributed by atoms with Crippen LogP contribution in [0.3, 0.4) is 0 Å². The summed E-state index contributed by atoms with van der Waals surface area (Å²) in [5, 5.41) is 0. The van der Waals surface area contributed by atoms with Crippen LogP contribution in [0.4, 0.5) is 13.2 Å². The van der Waals surface area contributed by atoms with Crippen molar-refractivity contribution in [2.75, 3.05) is 0 Å². The van der Waals surface area contributed by atoms with Gasteiger partial charge in [0.25, 0.3) is 0 Å². The topological polar surface area (TPSA) is 12.9 Å². The first kappa shape index (κ1) is 12.9. The van der Waals surface area contributed by atoms with Crippen LogP contribution in [0.2, 0.25) is 0 Å². The monoisotopic (exact) mass is 271 g/mol. The highest BCUT2D eigenvalue weighted by Gasteiger charge is 2.35. The third-order valence-electron chi connectivity index (χ3n) is 2.46. The van der Waals surface area contributed by atoms with Crippen LogP contribution in [0.25, 0.3) is 11.3 Å². The van der Waals surface area contributed by atoms with Crippen LogP contribution in [-0.2, 0) is 12.1 Å². The molecule has 0 aliphatic carbocycles. The largest absolute Gasteiger partial charge is 0.433 e. The standard InChI is InChI=1S/C13H9ClF3N/c14-8-10-6-7-11(9-4-2-1-3-5-9)18-12(10)13(15,16)17/h1-7H,8H2. The van der Waals surface area contributed by atoms with Crippen LogP contribution in [0.5, 0.6) is 0 Å². The molecule has 18 heavy (non-hydrogen) atoms. The molecule has 0 aliphatic heterocycles. The van der Waals surface area contributed by atoms with Gasteiger partial charge in [0, 0.05) is 11.4 Å². The second-order valence-electron chi connectivity index (χ2n) is 3.70. The molecule has 0 aliphatic rings. The molecule has 0 saturated carbocycles. The molecule has 1 aromatic heterocycles. The fraction of sp³-hybridized carbons (Fsp3) is 0.154. The van der Waals surface area contributed by atoms with E-state index in [-0.39, 0.29) is 17.1 Å². The summed E-state index contributed by atoms with van der Waals surface area (Å²) in [4.78, 5) is 3.68. The van der Waals surface area contributed by atoms with E-state index in [1.54, 1.807) is 36.4 Å². The zero-order valence-corrected chi connectivity index (χ0v) is 9.96. The van der Waals surface area contributed by atoms with Crippen LogP contribution < -0.4 is 0 Å². The van der Waals surface area contributed by atoms with Crippen molar-refractivity contribution in [1.29, 1.82) is 0 Å². The average molecular weight is 272 g/mol. The van der Waals surface area contributed by atoms with Crippen LogP contribution >= 0.6 is 11.6 Å². The maximum Gasteiger partial charge on any atom is 0.433 e. The second-order valence-corrected chi connectivity index (χ2v) is 3.97. The van der Waals surface area contributed by atoms with Crippen molar-refractivity contribution in [2.24, 2.45) is 0 Å². The molecule has 5 heteroatoms. The first-order valence-corrected chi connectivity index (χ1v) is 5.74. The summed E-state index contributed by atoms with van der Waals surface area (Å²) in [5.74, 6) is -0.211. The Kier molecular flexibility index (Phi) is 3.57. The van der Waals surface area contributed by atoms with Gasteiger partial charge in [0.05, 0.1) is 5.69 Å². The molecule has 0 N–H and O–H groups in total. The summed E-state index contributed by atoms with van der Waals surface area (Å²) >= 11 is 5.50. The molecule has 1 heterocycles. The normalized spacial score (nSPS) is 11.6. The van der Waals surface area contributed by atoms with E-state index in [1.165, 1.54) is 6.07 Å². The predicted octanol–water partition coefficient (Wildman–Crippen LogP) is 4.51. The molecule has 0 radical (unpaired) electrons. The lowest BCUT2D eigenvalue weighted by Gasteiger charge is -2.11. The van der Waals surface area contributed by atoms with E-state index < -0.39 is 11.9 Å². The average Bonchev–Trinajstić information content (AvgIpc) is 2.38. The third-order valence-corrected chi connectivity index (χ3v) is 2.75. The molecule has 1 aromatic carbocycles. The Morgan fingerprint density at radius 3 is 2.22 bits per heavy atom. The number of rotatable bonds is 2. The molecule has 0 atom stereocenters. The van der Waals surface area contributed by atoms with Gasteiger partial charge in [-0.05, 0) is 11.6 Å². The second kappa shape index (κ2) is 4.98. The molecule has 0 fully saturated rings. The maximum absolute atomic E-state index is 12.8. The number of benzene rings is 1. The van der Waals surface area contributed by atoms with Crippen LogP contribution in [-0.4, -0.2) is 4.98 Å². The maximum atomic E-state index is 12.8. The minimum atomic E-state index is -4.49. The number of nitrogens with zero attached hydrogens (tertiary/aromatic N) is 1. The molecule has 0 saturated heterocycles. The van der Waals surface area contributed by atoms with Crippen molar-refractivity contribution in [2.45, 2.75) is 12.1 Å². The van der Waals surface area contributed by atoms with Crippen LogP contribution in [0, 0.1) is 0 Å². The summed E-state index contributed by atoms with van der Waals surface area (Å²) in [6.45, 7) is 0. The zero-order valence-electron chi connectivity index (χ0n) is 9.21. The summed E-state index contributed by atoms with van der Waals surface area (Å²) in [5.41, 5.74) is 0.00335. The van der Waals surface area contributed by atoms with E-state index in [9.17, 15) is 13.2 Å². The minimum absolute atomic E-state index is 0.0103. The van der Waals surface area contributed by atoms with Crippen molar-refractivity contribution in [3.05, 3.63) is 53.7 Å². The van der Waals surface area contributed by atoms with Gasteiger partial charge in [0.1, 0.15) is 5.69 Å². The summed E-state index contributed by atoms with van der Waals surface area (Å²) < 4.78 is 38.4. The van der Waals surface area contributed by atoms with Crippen molar-refractivity contribution in [3.8, 4) is 11.3 Å². The van der Waals surface area contributed by atoms with E-state index >= 15 is 0 Å². The molecule has 0 amide bonds. The Morgan fingerprint density at radius 1 is 1.00 bits per heavy atom. The highest BCUT2D eigenvalue weighted by atomic mass is 35.5. The number of halogens is 4. The number of alkyl halides is 4. The highest BCUT2D eigenvalue weighted by molar-refractivity contribution is 6.17. The molecule has 94 valence electrons. The van der Waals surface area contributed by atoms with Gasteiger partial charge >= 0.3 is 6.18 Å². The lowest BCUT2D eigenvalue weighted by atomic mass is 10.1. The molecule has 2 rings (SSSR count). The number of hydrogen-bond donors (Lipinski definition) is 0. The summed E-state index contributed by atoms with van der Waals surface area (Å²) in [6, 6.07) is 11.6. The van der Waals surface area contributed by atoms with E-state index in [2.05, 4.69) is 4.98 Å². The van der Waals surface area contributed by atoms with Gasteiger partial charge in [0.15, 0.2) is 0 Å². The van der Waals surface area contributed by atoms with E-state index in [0.717, 1.165) is 0 Å². The Morgan fingerprint density at radius 2 is 1.67 bits per heavy atom. The molecular formula is C13H9ClF3N. The molecule has 0 unspecified atom stereocenters. The predicted molar refractivity (Wildman–Crippen MR) is 64.2 cm³/mol. The quantitative estimate of drug-likeness (QED) is 0.733. The van der Waals surface area contributed by atoms with E-state index in [4.69, 9.17) is 11.6 Å². The highest BCUT2D eigenvalue weighted by Crippen LogP contribution is 2.32. The van der Waals surface area contributed by atoms with Gasteiger partial charge < -0.3 is 0 Å². The summed E-state index contributed by atoms with van der Waals surface area (Å²) in [7, 11) is 0. The number of hydrogen-bond acceptors (Lipinski definition) is 1. The fourth-order valence-electron chi connectivity index (χ4n) is 1.61. The third kappa shape index (κ3) is 2.64. The molecule has 0 bridgehead atoms. The zero-order chi connectivity index (χ0) is 13.2. The van der Waals surface area contributed by atoms with Crippen molar-refractivity contribution in [1.82, 2.24) is 4.98 Å². The molecule has 0 spiro atoms. The van der Waals surface area contributed by atoms with Crippen molar-refractivity contribution < 1.29 is 13.2 Å². The Hall–Kier alpha value is -1.55. The van der Waals surface area contributed by atoms with Gasteiger partial charge in [-0.1, -0.05) is 36.4 Å². The van der Waals surface area contributed by atoms with E-state index in [0.29, 0.717) is 5.56 Å². The SMILES string of the molecule is FC(F)(F)c1nc(-c2ccccc2)ccc1CCl. The lowest BCUT2D eigenvalue weighted by Crippen LogP contribution is -2.12. The molecular weight excluding hydrogens is 263 g/mol. The fourth-order valence-corrected chi connectivity index (χ4v) is 1.83. The summed E-state index contributed by atoms with van der Waals surface area (Å²) in [6.07, 6.45) is -4.49. The Labute approximate surface area is 107 Å². The minimum Gasteiger partial charge on any atom is -0.243 e. The van der Waals surface area contributed by atoms with Crippen molar-refractivity contribution in [3.63, 3.8) is 0 Å². The van der Waals surface area contributed by atoms with Crippen molar-refractivity contribution >= 4 is 11.6 Å². The lowest BCUT2D eigenvalue weighted by molar-refractivity contribution is -0.141. The van der Waals surface area contributed by atoms with Gasteiger partial charge in [0.2, 0.25) is 0 Å². The van der Waals surface area contributed by atoms with E-state index in [1.807, 2.05) is 0 Å². The first-order chi connectivity index (χ1) is 8.52. The van der Waals surface area contributed by atoms with Crippen LogP contribution in [0.1, 0.15) is 11.3 Å². The number of pyridine rings is 1. The molecule has 1 nitrogen and oxygen atoms in total. The van der Waals surface area contributed by atoms with Gasteiger partial charge in [-0.15, -0.1) is 11.6 Å².